The molecular weight excluding hydrogens is 342 g/mol. The summed E-state index contributed by atoms with van der Waals surface area (Å²) >= 11 is 0. The van der Waals surface area contributed by atoms with Crippen molar-refractivity contribution in [3.63, 3.8) is 0 Å². The maximum Gasteiger partial charge on any atom is 0.308 e. The average Bonchev–Trinajstić information content (AvgIpc) is 3.05. The molecule has 0 spiro atoms. The highest BCUT2D eigenvalue weighted by molar-refractivity contribution is 7.89. The number of hydrogen-bond donors (Lipinski definition) is 1. The van der Waals surface area contributed by atoms with Gasteiger partial charge in [-0.2, -0.15) is 9.40 Å². The zero-order valence-electron chi connectivity index (χ0n) is 13.9. The lowest BCUT2D eigenvalue weighted by molar-refractivity contribution is -0.144. The van der Waals surface area contributed by atoms with Gasteiger partial charge in [0.15, 0.2) is 0 Å². The molecule has 2 aromatic rings. The van der Waals surface area contributed by atoms with E-state index < -0.39 is 28.0 Å². The van der Waals surface area contributed by atoms with Crippen molar-refractivity contribution < 1.29 is 18.3 Å². The highest BCUT2D eigenvalue weighted by Crippen LogP contribution is 2.29. The van der Waals surface area contributed by atoms with Gasteiger partial charge in [0.25, 0.3) is 0 Å². The minimum atomic E-state index is -3.76. The van der Waals surface area contributed by atoms with E-state index >= 15 is 0 Å². The molecule has 0 unspecified atom stereocenters. The molecule has 1 aliphatic heterocycles. The number of hydrogen-bond acceptors (Lipinski definition) is 4. The van der Waals surface area contributed by atoms with E-state index in [1.807, 2.05) is 30.3 Å². The van der Waals surface area contributed by atoms with Crippen molar-refractivity contribution in [2.75, 3.05) is 6.54 Å². The predicted molar refractivity (Wildman–Crippen MR) is 91.5 cm³/mol. The minimum absolute atomic E-state index is 0.0984. The van der Waals surface area contributed by atoms with Crippen LogP contribution in [0.4, 0.5) is 0 Å². The molecule has 1 aromatic heterocycles. The molecule has 8 heteroatoms. The van der Waals surface area contributed by atoms with Gasteiger partial charge in [0.05, 0.1) is 18.7 Å². The molecule has 25 heavy (non-hydrogen) atoms. The van der Waals surface area contributed by atoms with Crippen molar-refractivity contribution in [2.45, 2.75) is 37.2 Å². The van der Waals surface area contributed by atoms with Crippen molar-refractivity contribution in [3.8, 4) is 0 Å². The number of sulfonamides is 1. The summed E-state index contributed by atoms with van der Waals surface area (Å²) in [5.74, 6) is -1.63. The lowest BCUT2D eigenvalue weighted by Crippen LogP contribution is -2.48. The second-order valence-corrected chi connectivity index (χ2v) is 8.19. The van der Waals surface area contributed by atoms with Crippen LogP contribution in [0.1, 0.15) is 25.3 Å². The third-order valence-corrected chi connectivity index (χ3v) is 6.59. The van der Waals surface area contributed by atoms with Gasteiger partial charge in [-0.3, -0.25) is 9.48 Å². The minimum Gasteiger partial charge on any atom is -0.481 e. The SMILES string of the molecule is C[C@@H]1[C@H](C(=O)O)CCCN1S(=O)(=O)c1cnn(Cc2ccccc2)c1. The Morgan fingerprint density at radius 1 is 1.32 bits per heavy atom. The summed E-state index contributed by atoms with van der Waals surface area (Å²) in [7, 11) is -3.76. The van der Waals surface area contributed by atoms with E-state index in [0.717, 1.165) is 5.56 Å². The fourth-order valence-electron chi connectivity index (χ4n) is 3.25. The van der Waals surface area contributed by atoms with Gasteiger partial charge in [0.1, 0.15) is 4.90 Å². The molecule has 0 aliphatic carbocycles. The molecule has 2 atom stereocenters. The molecule has 0 saturated carbocycles. The number of nitrogens with zero attached hydrogens (tertiary/aromatic N) is 3. The van der Waals surface area contributed by atoms with Crippen LogP contribution in [0.15, 0.2) is 47.6 Å². The monoisotopic (exact) mass is 363 g/mol. The first-order valence-electron chi connectivity index (χ1n) is 8.20. The molecule has 1 saturated heterocycles. The van der Waals surface area contributed by atoms with Gasteiger partial charge in [0, 0.05) is 18.8 Å². The summed E-state index contributed by atoms with van der Waals surface area (Å²) in [4.78, 5) is 11.4. The van der Waals surface area contributed by atoms with Gasteiger partial charge in [-0.05, 0) is 25.3 Å². The number of piperidine rings is 1. The zero-order chi connectivity index (χ0) is 18.0. The Labute approximate surface area is 146 Å². The summed E-state index contributed by atoms with van der Waals surface area (Å²) < 4.78 is 28.7. The first-order chi connectivity index (χ1) is 11.9. The number of carboxylic acids is 1. The highest BCUT2D eigenvalue weighted by Gasteiger charge is 2.39. The lowest BCUT2D eigenvalue weighted by atomic mass is 9.92. The molecule has 134 valence electrons. The summed E-state index contributed by atoms with van der Waals surface area (Å²) in [6.07, 6.45) is 3.86. The van der Waals surface area contributed by atoms with E-state index in [1.165, 1.54) is 16.7 Å². The number of carbonyl (C=O) groups is 1. The Balaban J connectivity index is 1.82. The molecule has 3 rings (SSSR count). The van der Waals surface area contributed by atoms with E-state index in [0.29, 0.717) is 25.9 Å². The highest BCUT2D eigenvalue weighted by atomic mass is 32.2. The predicted octanol–water partition coefficient (Wildman–Crippen LogP) is 1.81. The fourth-order valence-corrected chi connectivity index (χ4v) is 4.91. The smallest absolute Gasteiger partial charge is 0.308 e. The van der Waals surface area contributed by atoms with Gasteiger partial charge in [0.2, 0.25) is 10.0 Å². The normalized spacial score (nSPS) is 22.0. The van der Waals surface area contributed by atoms with Crippen molar-refractivity contribution in [3.05, 3.63) is 48.3 Å². The van der Waals surface area contributed by atoms with E-state index in [1.54, 1.807) is 11.6 Å². The van der Waals surface area contributed by atoms with Gasteiger partial charge in [-0.15, -0.1) is 0 Å². The van der Waals surface area contributed by atoms with Crippen LogP contribution in [0.25, 0.3) is 0 Å². The first kappa shape index (κ1) is 17.6. The molecule has 0 amide bonds. The Morgan fingerprint density at radius 3 is 2.72 bits per heavy atom. The topological polar surface area (TPSA) is 92.5 Å². The third kappa shape index (κ3) is 3.59. The zero-order valence-corrected chi connectivity index (χ0v) is 14.8. The van der Waals surface area contributed by atoms with E-state index in [-0.39, 0.29) is 4.90 Å². The third-order valence-electron chi connectivity index (χ3n) is 4.65. The maximum atomic E-state index is 12.9. The second kappa shape index (κ2) is 6.97. The second-order valence-electron chi connectivity index (χ2n) is 6.30. The standard InChI is InChI=1S/C17H21N3O4S/c1-13-16(17(21)22)8-5-9-20(13)25(23,24)15-10-18-19(12-15)11-14-6-3-2-4-7-14/h2-4,6-7,10,12-13,16H,5,8-9,11H2,1H3,(H,21,22)/t13-,16-/m1/s1. The summed E-state index contributed by atoms with van der Waals surface area (Å²) in [5, 5.41) is 13.4. The van der Waals surface area contributed by atoms with Crippen molar-refractivity contribution in [2.24, 2.45) is 5.92 Å². The van der Waals surface area contributed by atoms with E-state index in [2.05, 4.69) is 5.10 Å². The number of aliphatic carboxylic acids is 1. The van der Waals surface area contributed by atoms with Crippen LogP contribution in [0.5, 0.6) is 0 Å². The molecule has 1 fully saturated rings. The van der Waals surface area contributed by atoms with Crippen LogP contribution < -0.4 is 0 Å². The number of rotatable bonds is 5. The van der Waals surface area contributed by atoms with Gasteiger partial charge in [-0.25, -0.2) is 8.42 Å². The molecule has 7 nitrogen and oxygen atoms in total. The number of carboxylic acid groups (broad SMARTS) is 1. The molecule has 0 radical (unpaired) electrons. The Hall–Kier alpha value is -2.19. The fraction of sp³-hybridized carbons (Fsp3) is 0.412. The number of benzene rings is 1. The van der Waals surface area contributed by atoms with Crippen LogP contribution >= 0.6 is 0 Å². The van der Waals surface area contributed by atoms with Crippen molar-refractivity contribution >= 4 is 16.0 Å². The Kier molecular flexibility index (Phi) is 4.91. The maximum absolute atomic E-state index is 12.9. The quantitative estimate of drug-likeness (QED) is 0.874. The van der Waals surface area contributed by atoms with Crippen molar-refractivity contribution in [1.82, 2.24) is 14.1 Å². The molecular formula is C17H21N3O4S. The summed E-state index contributed by atoms with van der Waals surface area (Å²) in [6.45, 7) is 2.46. The van der Waals surface area contributed by atoms with E-state index in [4.69, 9.17) is 0 Å². The van der Waals surface area contributed by atoms with Crippen LogP contribution in [-0.2, 0) is 21.4 Å². The van der Waals surface area contributed by atoms with Crippen LogP contribution in [0, 0.1) is 5.92 Å². The largest absolute Gasteiger partial charge is 0.481 e. The lowest BCUT2D eigenvalue weighted by Gasteiger charge is -2.36. The summed E-state index contributed by atoms with van der Waals surface area (Å²) in [5.41, 5.74) is 1.02. The molecule has 0 bridgehead atoms. The van der Waals surface area contributed by atoms with Gasteiger partial charge in [-0.1, -0.05) is 30.3 Å². The molecule has 2 heterocycles. The Bertz CT molecular complexity index is 848. The van der Waals surface area contributed by atoms with Crippen LogP contribution in [-0.4, -0.2) is 46.2 Å². The van der Waals surface area contributed by atoms with Crippen LogP contribution in [0.2, 0.25) is 0 Å². The number of aromatic nitrogens is 2. The molecule has 1 aliphatic rings. The van der Waals surface area contributed by atoms with E-state index in [9.17, 15) is 18.3 Å². The van der Waals surface area contributed by atoms with Crippen molar-refractivity contribution in [1.29, 1.82) is 0 Å². The molecule has 1 aromatic carbocycles. The average molecular weight is 363 g/mol. The first-order valence-corrected chi connectivity index (χ1v) is 9.64. The van der Waals surface area contributed by atoms with Gasteiger partial charge >= 0.3 is 5.97 Å². The van der Waals surface area contributed by atoms with Gasteiger partial charge < -0.3 is 5.11 Å². The summed E-state index contributed by atoms with van der Waals surface area (Å²) in [6, 6.07) is 9.06. The van der Waals surface area contributed by atoms with Crippen LogP contribution in [0.3, 0.4) is 0 Å². The Morgan fingerprint density at radius 2 is 2.04 bits per heavy atom. The molecule has 1 N–H and O–H groups in total.